The predicted octanol–water partition coefficient (Wildman–Crippen LogP) is 2.17. The molecule has 1 amide bonds. The minimum atomic E-state index is -0.122. The molecule has 1 atom stereocenters. The van der Waals surface area contributed by atoms with Crippen LogP contribution in [0.1, 0.15) is 35.2 Å². The van der Waals surface area contributed by atoms with Gasteiger partial charge in [0.2, 0.25) is 0 Å². The molecule has 1 unspecified atom stereocenters. The van der Waals surface area contributed by atoms with Crippen LogP contribution in [0, 0.1) is 18.8 Å². The fourth-order valence-corrected chi connectivity index (χ4v) is 2.66. The topological polar surface area (TPSA) is 67.0 Å². The molecule has 1 aromatic heterocycles. The van der Waals surface area contributed by atoms with Gasteiger partial charge in [0, 0.05) is 12.0 Å². The second-order valence-corrected chi connectivity index (χ2v) is 5.45. The van der Waals surface area contributed by atoms with E-state index in [4.69, 9.17) is 4.74 Å². The molecule has 2 aromatic rings. The van der Waals surface area contributed by atoms with Crippen molar-refractivity contribution in [1.29, 1.82) is 0 Å². The number of benzene rings is 1. The van der Waals surface area contributed by atoms with Gasteiger partial charge in [-0.15, -0.1) is 0 Å². The summed E-state index contributed by atoms with van der Waals surface area (Å²) in [5.74, 6) is 5.93. The van der Waals surface area contributed by atoms with E-state index in [2.05, 4.69) is 27.4 Å². The number of aryl methyl sites for hydroxylation is 1. The molecule has 0 spiro atoms. The minimum absolute atomic E-state index is 0.0182. The number of hydrogen-bond acceptors (Lipinski definition) is 3. The zero-order valence-corrected chi connectivity index (χ0v) is 12.6. The first kappa shape index (κ1) is 14.6. The average Bonchev–Trinajstić information content (AvgIpc) is 3.00. The summed E-state index contributed by atoms with van der Waals surface area (Å²) >= 11 is 0. The zero-order chi connectivity index (χ0) is 15.4. The zero-order valence-electron chi connectivity index (χ0n) is 12.6. The summed E-state index contributed by atoms with van der Waals surface area (Å²) in [5.41, 5.74) is 2.44. The summed E-state index contributed by atoms with van der Waals surface area (Å²) in [7, 11) is 0. The molecule has 1 aliphatic rings. The van der Waals surface area contributed by atoms with Crippen LogP contribution in [-0.4, -0.2) is 35.4 Å². The van der Waals surface area contributed by atoms with Gasteiger partial charge in [-0.3, -0.25) is 9.89 Å². The molecule has 0 saturated carbocycles. The van der Waals surface area contributed by atoms with Crippen LogP contribution in [0.4, 0.5) is 0 Å². The fraction of sp³-hybridized carbons (Fsp3) is 0.412. The van der Waals surface area contributed by atoms with Crippen LogP contribution in [-0.2, 0) is 4.74 Å². The number of rotatable bonds is 2. The molecule has 114 valence electrons. The summed E-state index contributed by atoms with van der Waals surface area (Å²) in [6.07, 6.45) is 4.95. The predicted molar refractivity (Wildman–Crippen MR) is 84.5 cm³/mol. The number of carbonyl (C=O) groups excluding carboxylic acids is 1. The number of aromatic nitrogens is 2. The molecule has 0 aliphatic carbocycles. The minimum Gasteiger partial charge on any atom is -0.366 e. The van der Waals surface area contributed by atoms with Crippen LogP contribution >= 0.6 is 0 Å². The first-order valence-electron chi connectivity index (χ1n) is 7.56. The van der Waals surface area contributed by atoms with Gasteiger partial charge in [-0.1, -0.05) is 17.9 Å². The molecule has 1 aromatic carbocycles. The number of ether oxygens (including phenoxy) is 1. The Kier molecular flexibility index (Phi) is 4.40. The third-order valence-corrected chi connectivity index (χ3v) is 3.84. The molecule has 1 saturated heterocycles. The van der Waals surface area contributed by atoms with Gasteiger partial charge in [-0.05, 0) is 37.8 Å². The second-order valence-electron chi connectivity index (χ2n) is 5.45. The van der Waals surface area contributed by atoms with E-state index in [0.717, 1.165) is 42.3 Å². The maximum Gasteiger partial charge on any atom is 0.253 e. The number of H-pyrrole nitrogens is 1. The van der Waals surface area contributed by atoms with Crippen molar-refractivity contribution in [1.82, 2.24) is 15.5 Å². The van der Waals surface area contributed by atoms with Gasteiger partial charge in [-0.25, -0.2) is 0 Å². The molecule has 2 heterocycles. The van der Waals surface area contributed by atoms with Crippen molar-refractivity contribution in [3.05, 3.63) is 29.5 Å². The number of carbonyl (C=O) groups is 1. The lowest BCUT2D eigenvalue weighted by Gasteiger charge is -2.17. The third-order valence-electron chi connectivity index (χ3n) is 3.84. The summed E-state index contributed by atoms with van der Waals surface area (Å²) in [5, 5.41) is 10.6. The summed E-state index contributed by atoms with van der Waals surface area (Å²) < 4.78 is 5.54. The van der Waals surface area contributed by atoms with Crippen molar-refractivity contribution < 1.29 is 9.53 Å². The van der Waals surface area contributed by atoms with Gasteiger partial charge in [0.1, 0.15) is 6.10 Å². The largest absolute Gasteiger partial charge is 0.366 e. The summed E-state index contributed by atoms with van der Waals surface area (Å²) in [6, 6.07) is 3.84. The number of nitrogens with zero attached hydrogens (tertiary/aromatic N) is 1. The smallest absolute Gasteiger partial charge is 0.253 e. The number of aromatic amines is 1. The molecule has 2 N–H and O–H groups in total. The van der Waals surface area contributed by atoms with E-state index < -0.39 is 0 Å². The van der Waals surface area contributed by atoms with Gasteiger partial charge in [0.15, 0.2) is 0 Å². The van der Waals surface area contributed by atoms with E-state index in [-0.39, 0.29) is 12.0 Å². The molecule has 1 aliphatic heterocycles. The molecule has 5 heteroatoms. The van der Waals surface area contributed by atoms with Crippen molar-refractivity contribution >= 4 is 16.8 Å². The summed E-state index contributed by atoms with van der Waals surface area (Å²) in [6.45, 7) is 3.03. The SMILES string of the molecule is Cc1ccc2[nH]ncc2c1C(=O)NCC#CC1CCCCO1. The Balaban J connectivity index is 1.65. The van der Waals surface area contributed by atoms with Crippen LogP contribution in [0.25, 0.3) is 10.9 Å². The van der Waals surface area contributed by atoms with Crippen molar-refractivity contribution in [2.45, 2.75) is 32.3 Å². The van der Waals surface area contributed by atoms with Gasteiger partial charge >= 0.3 is 0 Å². The Morgan fingerprint density at radius 2 is 2.41 bits per heavy atom. The highest BCUT2D eigenvalue weighted by atomic mass is 16.5. The van der Waals surface area contributed by atoms with Crippen LogP contribution in [0.3, 0.4) is 0 Å². The van der Waals surface area contributed by atoms with Gasteiger partial charge in [-0.2, -0.15) is 5.10 Å². The van der Waals surface area contributed by atoms with Gasteiger partial charge in [0.05, 0.1) is 23.8 Å². The average molecular weight is 297 g/mol. The second kappa shape index (κ2) is 6.63. The van der Waals surface area contributed by atoms with Crippen LogP contribution in [0.15, 0.2) is 18.3 Å². The van der Waals surface area contributed by atoms with Crippen molar-refractivity contribution in [2.75, 3.05) is 13.2 Å². The molecule has 0 radical (unpaired) electrons. The molecule has 22 heavy (non-hydrogen) atoms. The Morgan fingerprint density at radius 1 is 1.50 bits per heavy atom. The van der Waals surface area contributed by atoms with Crippen molar-refractivity contribution in [3.63, 3.8) is 0 Å². The Hall–Kier alpha value is -2.32. The normalized spacial score (nSPS) is 17.8. The third kappa shape index (κ3) is 3.12. The van der Waals surface area contributed by atoms with Crippen LogP contribution < -0.4 is 5.32 Å². The van der Waals surface area contributed by atoms with Gasteiger partial charge < -0.3 is 10.1 Å². The maximum absolute atomic E-state index is 12.4. The van der Waals surface area contributed by atoms with E-state index in [9.17, 15) is 4.79 Å². The Bertz CT molecular complexity index is 733. The Labute approximate surface area is 129 Å². The van der Waals surface area contributed by atoms with Crippen molar-refractivity contribution in [2.24, 2.45) is 0 Å². The highest BCUT2D eigenvalue weighted by molar-refractivity contribution is 6.07. The molecular formula is C17H19N3O2. The quantitative estimate of drug-likeness (QED) is 0.835. The lowest BCUT2D eigenvalue weighted by Crippen LogP contribution is -2.25. The monoisotopic (exact) mass is 297 g/mol. The van der Waals surface area contributed by atoms with Crippen LogP contribution in [0.5, 0.6) is 0 Å². The Morgan fingerprint density at radius 3 is 3.23 bits per heavy atom. The fourth-order valence-electron chi connectivity index (χ4n) is 2.66. The molecule has 5 nitrogen and oxygen atoms in total. The van der Waals surface area contributed by atoms with E-state index >= 15 is 0 Å². The molecule has 1 fully saturated rings. The van der Waals surface area contributed by atoms with E-state index in [0.29, 0.717) is 12.1 Å². The van der Waals surface area contributed by atoms with E-state index in [1.165, 1.54) is 0 Å². The molecule has 3 rings (SSSR count). The molecule has 0 bridgehead atoms. The van der Waals surface area contributed by atoms with E-state index in [1.54, 1.807) is 6.20 Å². The molecular weight excluding hydrogens is 278 g/mol. The lowest BCUT2D eigenvalue weighted by atomic mass is 10.0. The number of hydrogen-bond donors (Lipinski definition) is 2. The number of amides is 1. The maximum atomic E-state index is 12.4. The van der Waals surface area contributed by atoms with Crippen molar-refractivity contribution in [3.8, 4) is 11.8 Å². The number of fused-ring (bicyclic) bond motifs is 1. The summed E-state index contributed by atoms with van der Waals surface area (Å²) in [4.78, 5) is 12.4. The highest BCUT2D eigenvalue weighted by Gasteiger charge is 2.14. The highest BCUT2D eigenvalue weighted by Crippen LogP contribution is 2.20. The first-order valence-corrected chi connectivity index (χ1v) is 7.56. The lowest BCUT2D eigenvalue weighted by molar-refractivity contribution is 0.0525. The van der Waals surface area contributed by atoms with E-state index in [1.807, 2.05) is 19.1 Å². The number of nitrogens with one attached hydrogen (secondary N) is 2. The van der Waals surface area contributed by atoms with Crippen LogP contribution in [0.2, 0.25) is 0 Å². The standard InChI is InChI=1S/C17H19N3O2/c1-12-7-8-15-14(11-19-20-15)16(12)17(21)18-9-4-6-13-5-2-3-10-22-13/h7-8,11,13H,2-3,5,9-10H2,1H3,(H,18,21)(H,19,20). The first-order chi connectivity index (χ1) is 10.8. The van der Waals surface area contributed by atoms with Gasteiger partial charge in [0.25, 0.3) is 5.91 Å².